The van der Waals surface area contributed by atoms with Gasteiger partial charge in [0.05, 0.1) is 72.4 Å². The zero-order valence-electron chi connectivity index (χ0n) is 29.3. The van der Waals surface area contributed by atoms with Gasteiger partial charge in [0.1, 0.15) is 0 Å². The number of nitrogens with zero attached hydrogens (tertiary/aromatic N) is 7. The zero-order valence-corrected chi connectivity index (χ0v) is 30.8. The summed E-state index contributed by atoms with van der Waals surface area (Å²) in [5, 5.41) is 14.9. The predicted octanol–water partition coefficient (Wildman–Crippen LogP) is 5.17. The summed E-state index contributed by atoms with van der Waals surface area (Å²) in [5.41, 5.74) is 3.91. The molecule has 6 aliphatic rings. The fourth-order valence-electron chi connectivity index (χ4n) is 10.3. The average molecular weight is 724 g/mol. The number of rotatable bonds is 7. The number of H-pyrrole nitrogens is 1. The molecule has 5 aliphatic heterocycles. The summed E-state index contributed by atoms with van der Waals surface area (Å²) < 4.78 is 13.9. The summed E-state index contributed by atoms with van der Waals surface area (Å²) in [6.45, 7) is 19.7. The summed E-state index contributed by atoms with van der Waals surface area (Å²) >= 11 is 13.9. The van der Waals surface area contributed by atoms with E-state index >= 15 is 0 Å². The van der Waals surface area contributed by atoms with Gasteiger partial charge in [0.25, 0.3) is 0 Å². The molecule has 11 nitrogen and oxygen atoms in total. The summed E-state index contributed by atoms with van der Waals surface area (Å²) in [6.07, 6.45) is 7.42. The summed E-state index contributed by atoms with van der Waals surface area (Å²) in [6, 6.07) is 3.60. The van der Waals surface area contributed by atoms with Gasteiger partial charge in [-0.3, -0.25) is 24.4 Å². The van der Waals surface area contributed by atoms with Gasteiger partial charge in [-0.25, -0.2) is 0 Å². The Bertz CT molecular complexity index is 1820. The number of benzene rings is 1. The molecule has 2 unspecified atom stereocenters. The molecule has 1 aliphatic carbocycles. The van der Waals surface area contributed by atoms with Crippen LogP contribution in [-0.2, 0) is 14.3 Å². The molecule has 268 valence electrons. The fraction of sp³-hybridized carbons (Fsp3) is 0.649. The lowest BCUT2D eigenvalue weighted by molar-refractivity contribution is -0.149. The SMILES string of the molecule is C=CC(=O)N1CC2(CC(n3nc(N4CC[C@@H](CN5CCN(C6COC6)C6COCC65)CC4(C)C)c(-c4c(Cl)c(Cl)cc5[nH]ncc45)c3C)C2)C1. The second kappa shape index (κ2) is 12.2. The van der Waals surface area contributed by atoms with Crippen molar-refractivity contribution in [3.63, 3.8) is 0 Å². The van der Waals surface area contributed by atoms with Crippen molar-refractivity contribution in [2.45, 2.75) is 76.2 Å². The van der Waals surface area contributed by atoms with Crippen molar-refractivity contribution in [2.24, 2.45) is 11.3 Å². The summed E-state index contributed by atoms with van der Waals surface area (Å²) in [5.74, 6) is 1.57. The summed E-state index contributed by atoms with van der Waals surface area (Å²) in [7, 11) is 0. The third kappa shape index (κ3) is 5.24. The summed E-state index contributed by atoms with van der Waals surface area (Å²) in [4.78, 5) is 22.0. The van der Waals surface area contributed by atoms with E-state index in [4.69, 9.17) is 37.8 Å². The van der Waals surface area contributed by atoms with Crippen LogP contribution in [0.5, 0.6) is 0 Å². The molecular weight excluding hydrogens is 675 g/mol. The lowest BCUT2D eigenvalue weighted by atomic mass is 9.60. The first-order valence-corrected chi connectivity index (χ1v) is 19.1. The monoisotopic (exact) mass is 722 g/mol. The van der Waals surface area contributed by atoms with Crippen LogP contribution in [0.3, 0.4) is 0 Å². The minimum absolute atomic E-state index is 0.0201. The maximum Gasteiger partial charge on any atom is 0.245 e. The van der Waals surface area contributed by atoms with Crippen molar-refractivity contribution < 1.29 is 14.3 Å². The van der Waals surface area contributed by atoms with Crippen LogP contribution in [-0.4, -0.2) is 130 Å². The average Bonchev–Trinajstić information content (AvgIpc) is 3.76. The molecule has 13 heteroatoms. The van der Waals surface area contributed by atoms with Gasteiger partial charge in [-0.05, 0) is 64.5 Å². The Kier molecular flexibility index (Phi) is 8.10. The molecule has 3 aromatic rings. The predicted molar refractivity (Wildman–Crippen MR) is 195 cm³/mol. The van der Waals surface area contributed by atoms with Crippen molar-refractivity contribution in [3.8, 4) is 11.1 Å². The molecule has 2 aromatic heterocycles. The molecule has 6 fully saturated rings. The molecule has 1 spiro atoms. The number of aromatic nitrogens is 4. The Labute approximate surface area is 303 Å². The quantitative estimate of drug-likeness (QED) is 0.334. The van der Waals surface area contributed by atoms with Crippen LogP contribution < -0.4 is 4.90 Å². The van der Waals surface area contributed by atoms with Crippen LogP contribution in [0.4, 0.5) is 5.82 Å². The normalized spacial score (nSPS) is 28.5. The van der Waals surface area contributed by atoms with Gasteiger partial charge in [-0.2, -0.15) is 10.2 Å². The highest BCUT2D eigenvalue weighted by Gasteiger charge is 2.55. The number of anilines is 1. The van der Waals surface area contributed by atoms with Crippen LogP contribution in [0.25, 0.3) is 22.0 Å². The highest BCUT2D eigenvalue weighted by atomic mass is 35.5. The topological polar surface area (TPSA) is 95.0 Å². The van der Waals surface area contributed by atoms with Gasteiger partial charge in [0.2, 0.25) is 5.91 Å². The van der Waals surface area contributed by atoms with Gasteiger partial charge < -0.3 is 19.3 Å². The first kappa shape index (κ1) is 33.2. The minimum atomic E-state index is -0.138. The van der Waals surface area contributed by atoms with E-state index in [1.807, 2.05) is 17.2 Å². The van der Waals surface area contributed by atoms with E-state index in [1.54, 1.807) is 0 Å². The molecule has 5 saturated heterocycles. The number of likely N-dealkylation sites (tertiary alicyclic amines) is 1. The van der Waals surface area contributed by atoms with Crippen molar-refractivity contribution in [1.82, 2.24) is 34.7 Å². The molecule has 1 N–H and O–H groups in total. The number of amides is 1. The number of nitrogens with one attached hydrogen (secondary N) is 1. The highest BCUT2D eigenvalue weighted by molar-refractivity contribution is 6.45. The number of fused-ring (bicyclic) bond motifs is 2. The maximum absolute atomic E-state index is 12.2. The number of hydrogen-bond acceptors (Lipinski definition) is 8. The Balaban J connectivity index is 0.997. The Morgan fingerprint density at radius 3 is 2.52 bits per heavy atom. The Morgan fingerprint density at radius 2 is 1.80 bits per heavy atom. The third-order valence-corrected chi connectivity index (χ3v) is 13.7. The van der Waals surface area contributed by atoms with Crippen molar-refractivity contribution >= 4 is 45.8 Å². The molecule has 1 saturated carbocycles. The molecule has 7 heterocycles. The Hall–Kier alpha value is -2.67. The number of hydrogen-bond donors (Lipinski definition) is 1. The van der Waals surface area contributed by atoms with Crippen LogP contribution in [0.2, 0.25) is 10.0 Å². The number of piperidine rings is 1. The van der Waals surface area contributed by atoms with Gasteiger partial charge in [-0.1, -0.05) is 29.8 Å². The minimum Gasteiger partial charge on any atom is -0.378 e. The van der Waals surface area contributed by atoms with Crippen molar-refractivity contribution in [3.05, 3.63) is 40.7 Å². The van der Waals surface area contributed by atoms with Crippen molar-refractivity contribution in [1.29, 1.82) is 0 Å². The second-order valence-electron chi connectivity index (χ2n) is 16.5. The van der Waals surface area contributed by atoms with E-state index in [2.05, 4.69) is 56.9 Å². The highest BCUT2D eigenvalue weighted by Crippen LogP contribution is 2.56. The van der Waals surface area contributed by atoms with Gasteiger partial charge >= 0.3 is 0 Å². The zero-order chi connectivity index (χ0) is 34.5. The lowest BCUT2D eigenvalue weighted by Gasteiger charge is -2.58. The number of ether oxygens (including phenoxy) is 2. The number of aromatic amines is 1. The molecule has 1 aromatic carbocycles. The first-order chi connectivity index (χ1) is 24.1. The smallest absolute Gasteiger partial charge is 0.245 e. The molecule has 50 heavy (non-hydrogen) atoms. The molecule has 9 rings (SSSR count). The lowest BCUT2D eigenvalue weighted by Crippen LogP contribution is -2.65. The Morgan fingerprint density at radius 1 is 1.04 bits per heavy atom. The maximum atomic E-state index is 12.2. The van der Waals surface area contributed by atoms with E-state index in [1.165, 1.54) is 6.08 Å². The molecule has 0 bridgehead atoms. The number of carbonyl (C=O) groups is 1. The van der Waals surface area contributed by atoms with Gasteiger partial charge in [-0.15, -0.1) is 0 Å². The molecule has 1 amide bonds. The number of halogens is 2. The standard InChI is InChI=1S/C37H48Cl2N8O3/c1-5-31(48)44-20-37(21-44)12-24(13-37)47-22(2)32(33-26-14-40-41-28(26)10-27(38)34(33)39)35(42-47)46-7-6-23(11-36(46,3)4)15-43-8-9-45(25-16-49-17-25)30-19-50-18-29(30)43/h5,10,14,23-25,29-30H,1,6-9,11-13,15-21H2,2-4H3,(H,40,41)/t23-,29?,30?/m1/s1. The van der Waals surface area contributed by atoms with Crippen LogP contribution in [0, 0.1) is 18.3 Å². The van der Waals surface area contributed by atoms with E-state index in [0.29, 0.717) is 34.1 Å². The van der Waals surface area contributed by atoms with E-state index in [-0.39, 0.29) is 22.9 Å². The third-order valence-electron chi connectivity index (χ3n) is 12.9. The second-order valence-corrected chi connectivity index (χ2v) is 17.3. The fourth-order valence-corrected chi connectivity index (χ4v) is 10.8. The van der Waals surface area contributed by atoms with Crippen LogP contribution >= 0.6 is 23.2 Å². The molecule has 3 atom stereocenters. The van der Waals surface area contributed by atoms with Crippen molar-refractivity contribution in [2.75, 3.05) is 70.6 Å². The van der Waals surface area contributed by atoms with Gasteiger partial charge in [0, 0.05) is 72.4 Å². The number of piperazine rings is 1. The first-order valence-electron chi connectivity index (χ1n) is 18.3. The van der Waals surface area contributed by atoms with E-state index in [0.717, 1.165) is 125 Å². The van der Waals surface area contributed by atoms with E-state index in [9.17, 15) is 4.79 Å². The van der Waals surface area contributed by atoms with Crippen LogP contribution in [0.1, 0.15) is 51.3 Å². The molecular formula is C37H48Cl2N8O3. The molecule has 0 radical (unpaired) electrons. The largest absolute Gasteiger partial charge is 0.378 e. The van der Waals surface area contributed by atoms with Gasteiger partial charge in [0.15, 0.2) is 5.82 Å². The van der Waals surface area contributed by atoms with Crippen LogP contribution in [0.15, 0.2) is 24.9 Å². The van der Waals surface area contributed by atoms with E-state index < -0.39 is 0 Å². The number of carbonyl (C=O) groups excluding carboxylic acids is 1.